The van der Waals surface area contributed by atoms with E-state index in [1.165, 1.54) is 0 Å². The molecule has 0 unspecified atom stereocenters. The van der Waals surface area contributed by atoms with Crippen molar-refractivity contribution in [1.82, 2.24) is 9.97 Å². The Hall–Kier alpha value is -1.16. The van der Waals surface area contributed by atoms with Gasteiger partial charge in [0.1, 0.15) is 0 Å². The van der Waals surface area contributed by atoms with Crippen LogP contribution in [0.4, 0.5) is 5.82 Å². The number of hydrogen-bond acceptors (Lipinski definition) is 4. The summed E-state index contributed by atoms with van der Waals surface area (Å²) in [5.74, 6) is 0.629. The number of hydrogen-bond donors (Lipinski definition) is 1. The zero-order valence-corrected chi connectivity index (χ0v) is 5.74. The molecule has 0 fully saturated rings. The Morgan fingerprint density at radius 3 is 3.10 bits per heavy atom. The average Bonchev–Trinajstić information content (AvgIpc) is 2.03. The topological polar surface area (TPSA) is 47.0 Å². The molecular weight excluding hydrogens is 130 g/mol. The van der Waals surface area contributed by atoms with E-state index in [2.05, 4.69) is 15.4 Å². The molecule has 0 amide bonds. The van der Waals surface area contributed by atoms with Crippen LogP contribution in [0.25, 0.3) is 0 Å². The van der Waals surface area contributed by atoms with Crippen LogP contribution in [0.15, 0.2) is 18.6 Å². The van der Waals surface area contributed by atoms with Crippen LogP contribution in [0.3, 0.4) is 0 Å². The standard InChI is InChI=1S/C6H9N3O/c1-2-10-9-6-5-7-3-4-8-6/h3-5H,2H2,1H3,(H,8,9). The zero-order valence-electron chi connectivity index (χ0n) is 5.74. The molecule has 10 heavy (non-hydrogen) atoms. The predicted octanol–water partition coefficient (Wildman–Crippen LogP) is 0.840. The molecule has 0 saturated carbocycles. The molecule has 1 heterocycles. The Kier molecular flexibility index (Phi) is 2.63. The lowest BCUT2D eigenvalue weighted by Crippen LogP contribution is -2.01. The van der Waals surface area contributed by atoms with Crippen molar-refractivity contribution in [2.45, 2.75) is 6.92 Å². The summed E-state index contributed by atoms with van der Waals surface area (Å²) in [6, 6.07) is 0. The Morgan fingerprint density at radius 2 is 2.50 bits per heavy atom. The lowest BCUT2D eigenvalue weighted by Gasteiger charge is -2.00. The van der Waals surface area contributed by atoms with E-state index in [1.54, 1.807) is 18.6 Å². The van der Waals surface area contributed by atoms with E-state index in [1.807, 2.05) is 6.92 Å². The zero-order chi connectivity index (χ0) is 7.23. The van der Waals surface area contributed by atoms with Crippen molar-refractivity contribution in [3.05, 3.63) is 18.6 Å². The van der Waals surface area contributed by atoms with Crippen LogP contribution in [0, 0.1) is 0 Å². The molecule has 4 nitrogen and oxygen atoms in total. The molecule has 1 aromatic heterocycles. The second kappa shape index (κ2) is 3.79. The van der Waals surface area contributed by atoms with Crippen LogP contribution in [0.5, 0.6) is 0 Å². The molecule has 0 aliphatic rings. The van der Waals surface area contributed by atoms with Crippen LogP contribution >= 0.6 is 0 Å². The van der Waals surface area contributed by atoms with Gasteiger partial charge in [-0.1, -0.05) is 0 Å². The highest BCUT2D eigenvalue weighted by molar-refractivity contribution is 5.25. The lowest BCUT2D eigenvalue weighted by molar-refractivity contribution is 0.209. The minimum Gasteiger partial charge on any atom is -0.275 e. The highest BCUT2D eigenvalue weighted by Crippen LogP contribution is 1.95. The van der Waals surface area contributed by atoms with Crippen LogP contribution < -0.4 is 5.48 Å². The molecule has 0 atom stereocenters. The first-order chi connectivity index (χ1) is 4.93. The summed E-state index contributed by atoms with van der Waals surface area (Å²) in [5.41, 5.74) is 2.62. The Balaban J connectivity index is 2.43. The second-order valence-electron chi connectivity index (χ2n) is 1.63. The first-order valence-corrected chi connectivity index (χ1v) is 3.07. The van der Waals surface area contributed by atoms with E-state index in [9.17, 15) is 0 Å². The van der Waals surface area contributed by atoms with Crippen LogP contribution in [-0.4, -0.2) is 16.6 Å². The van der Waals surface area contributed by atoms with E-state index in [4.69, 9.17) is 4.84 Å². The van der Waals surface area contributed by atoms with Crippen LogP contribution in [0.1, 0.15) is 6.92 Å². The molecule has 0 aliphatic heterocycles. The van der Waals surface area contributed by atoms with E-state index >= 15 is 0 Å². The van der Waals surface area contributed by atoms with Gasteiger partial charge in [-0.2, -0.15) is 0 Å². The van der Waals surface area contributed by atoms with Crippen molar-refractivity contribution >= 4 is 5.82 Å². The minimum absolute atomic E-state index is 0.608. The van der Waals surface area contributed by atoms with Gasteiger partial charge in [-0.15, -0.1) is 0 Å². The van der Waals surface area contributed by atoms with Crippen molar-refractivity contribution in [1.29, 1.82) is 0 Å². The number of aromatic nitrogens is 2. The Morgan fingerprint density at radius 1 is 1.60 bits per heavy atom. The van der Waals surface area contributed by atoms with Crippen LogP contribution in [-0.2, 0) is 4.84 Å². The second-order valence-corrected chi connectivity index (χ2v) is 1.63. The molecule has 0 bridgehead atoms. The molecule has 0 radical (unpaired) electrons. The predicted molar refractivity (Wildman–Crippen MR) is 37.3 cm³/mol. The van der Waals surface area contributed by atoms with Gasteiger partial charge in [-0.3, -0.25) is 9.82 Å². The molecule has 0 aromatic carbocycles. The van der Waals surface area contributed by atoms with Gasteiger partial charge >= 0.3 is 0 Å². The lowest BCUT2D eigenvalue weighted by atomic mass is 10.7. The van der Waals surface area contributed by atoms with E-state index < -0.39 is 0 Å². The summed E-state index contributed by atoms with van der Waals surface area (Å²) in [6.07, 6.45) is 4.80. The normalized spacial score (nSPS) is 9.30. The third-order valence-electron chi connectivity index (χ3n) is 0.884. The van der Waals surface area contributed by atoms with Crippen molar-refractivity contribution in [2.75, 3.05) is 12.1 Å². The number of nitrogens with zero attached hydrogens (tertiary/aromatic N) is 2. The quantitative estimate of drug-likeness (QED) is 0.630. The third-order valence-corrected chi connectivity index (χ3v) is 0.884. The molecule has 54 valence electrons. The van der Waals surface area contributed by atoms with Gasteiger partial charge in [0.2, 0.25) is 0 Å². The molecular formula is C6H9N3O. The first-order valence-electron chi connectivity index (χ1n) is 3.07. The molecule has 0 spiro atoms. The molecule has 0 aliphatic carbocycles. The molecule has 1 rings (SSSR count). The summed E-state index contributed by atoms with van der Waals surface area (Å²) in [4.78, 5) is 12.6. The summed E-state index contributed by atoms with van der Waals surface area (Å²) in [6.45, 7) is 2.50. The van der Waals surface area contributed by atoms with Crippen LogP contribution in [0.2, 0.25) is 0 Å². The maximum Gasteiger partial charge on any atom is 0.168 e. The van der Waals surface area contributed by atoms with Gasteiger partial charge in [0.05, 0.1) is 12.8 Å². The maximum absolute atomic E-state index is 4.87. The molecule has 1 aromatic rings. The van der Waals surface area contributed by atoms with E-state index in [0.717, 1.165) is 0 Å². The van der Waals surface area contributed by atoms with Gasteiger partial charge < -0.3 is 0 Å². The van der Waals surface area contributed by atoms with Gasteiger partial charge in [0.15, 0.2) is 5.82 Å². The fraction of sp³-hybridized carbons (Fsp3) is 0.333. The van der Waals surface area contributed by atoms with Crippen molar-refractivity contribution < 1.29 is 4.84 Å². The highest BCUT2D eigenvalue weighted by atomic mass is 16.6. The van der Waals surface area contributed by atoms with Gasteiger partial charge in [-0.25, -0.2) is 10.5 Å². The molecule has 0 saturated heterocycles. The smallest absolute Gasteiger partial charge is 0.168 e. The summed E-state index contributed by atoms with van der Waals surface area (Å²) in [7, 11) is 0. The van der Waals surface area contributed by atoms with Crippen molar-refractivity contribution in [3.63, 3.8) is 0 Å². The monoisotopic (exact) mass is 139 g/mol. The van der Waals surface area contributed by atoms with E-state index in [-0.39, 0.29) is 0 Å². The highest BCUT2D eigenvalue weighted by Gasteiger charge is 1.87. The van der Waals surface area contributed by atoms with E-state index in [0.29, 0.717) is 12.4 Å². The minimum atomic E-state index is 0.608. The molecule has 4 heteroatoms. The third kappa shape index (κ3) is 1.99. The SMILES string of the molecule is CCONc1cnccn1. The summed E-state index contributed by atoms with van der Waals surface area (Å²) in [5, 5.41) is 0. The fourth-order valence-electron chi connectivity index (χ4n) is 0.498. The number of rotatable bonds is 3. The van der Waals surface area contributed by atoms with Crippen molar-refractivity contribution in [2.24, 2.45) is 0 Å². The molecule has 1 N–H and O–H groups in total. The maximum atomic E-state index is 4.87. The van der Waals surface area contributed by atoms with Gasteiger partial charge in [0, 0.05) is 12.4 Å². The first kappa shape index (κ1) is 6.95. The van der Waals surface area contributed by atoms with Gasteiger partial charge in [0.25, 0.3) is 0 Å². The Labute approximate surface area is 59.2 Å². The van der Waals surface area contributed by atoms with Gasteiger partial charge in [-0.05, 0) is 6.92 Å². The summed E-state index contributed by atoms with van der Waals surface area (Å²) < 4.78 is 0. The number of nitrogens with one attached hydrogen (secondary N) is 1. The fourth-order valence-corrected chi connectivity index (χ4v) is 0.498. The Bertz CT molecular complexity index is 178. The van der Waals surface area contributed by atoms with Crippen molar-refractivity contribution in [3.8, 4) is 0 Å². The summed E-state index contributed by atoms with van der Waals surface area (Å²) >= 11 is 0. The number of anilines is 1. The average molecular weight is 139 g/mol. The largest absolute Gasteiger partial charge is 0.275 e.